The molecule has 0 aliphatic carbocycles. The topological polar surface area (TPSA) is 9.23 Å². The van der Waals surface area contributed by atoms with Gasteiger partial charge in [0.2, 0.25) is 0 Å². The van der Waals surface area contributed by atoms with Gasteiger partial charge in [0.25, 0.3) is 0 Å². The van der Waals surface area contributed by atoms with Gasteiger partial charge in [-0.1, -0.05) is 39.2 Å². The molecule has 0 bridgehead atoms. The maximum atomic E-state index is 5.35. The Morgan fingerprint density at radius 2 is 1.80 bits per heavy atom. The first-order chi connectivity index (χ1) is 4.91. The minimum Gasteiger partial charge on any atom is -0.424 e. The molecule has 0 aliphatic heterocycles. The lowest BCUT2D eigenvalue weighted by Gasteiger charge is -1.99. The Morgan fingerprint density at radius 3 is 2.40 bits per heavy atom. The van der Waals surface area contributed by atoms with Crippen molar-refractivity contribution in [3.05, 3.63) is 0 Å². The van der Waals surface area contributed by atoms with Crippen LogP contribution < -0.4 is 0 Å². The Kier molecular flexibility index (Phi) is 9.34. The Labute approximate surface area is 67.1 Å². The van der Waals surface area contributed by atoms with Gasteiger partial charge in [-0.25, -0.2) is 0 Å². The minimum absolute atomic E-state index is 0.125. The first-order valence-corrected chi connectivity index (χ1v) is 6.48. The van der Waals surface area contributed by atoms with Crippen LogP contribution in [-0.4, -0.2) is 16.4 Å². The highest BCUT2D eigenvalue weighted by Gasteiger charge is 1.87. The van der Waals surface area contributed by atoms with Crippen molar-refractivity contribution in [2.24, 2.45) is 0 Å². The van der Waals surface area contributed by atoms with Crippen LogP contribution in [0, 0.1) is 0 Å². The van der Waals surface area contributed by atoms with E-state index in [0.717, 1.165) is 6.61 Å². The van der Waals surface area contributed by atoms with Crippen molar-refractivity contribution in [1.82, 2.24) is 0 Å². The van der Waals surface area contributed by atoms with Crippen molar-refractivity contribution < 1.29 is 4.43 Å². The summed E-state index contributed by atoms with van der Waals surface area (Å²) in [6.45, 7) is 5.45. The molecule has 0 amide bonds. The van der Waals surface area contributed by atoms with E-state index in [1.165, 1.54) is 32.1 Å². The molecule has 0 aromatic heterocycles. The normalized spacial score (nSPS) is 11.4. The summed E-state index contributed by atoms with van der Waals surface area (Å²) in [4.78, 5) is 0. The number of rotatable bonds is 7. The van der Waals surface area contributed by atoms with Gasteiger partial charge in [-0.05, 0) is 6.42 Å². The highest BCUT2D eigenvalue weighted by atomic mass is 28.2. The summed E-state index contributed by atoms with van der Waals surface area (Å²) in [7, 11) is -0.125. The van der Waals surface area contributed by atoms with E-state index in [4.69, 9.17) is 4.43 Å². The monoisotopic (exact) mass is 160 g/mol. The zero-order valence-corrected chi connectivity index (χ0v) is 8.77. The maximum absolute atomic E-state index is 5.35. The van der Waals surface area contributed by atoms with E-state index in [-0.39, 0.29) is 9.76 Å². The van der Waals surface area contributed by atoms with E-state index in [9.17, 15) is 0 Å². The van der Waals surface area contributed by atoms with Crippen molar-refractivity contribution in [2.75, 3.05) is 6.61 Å². The largest absolute Gasteiger partial charge is 0.424 e. The Hall–Kier alpha value is 0.177. The molecule has 0 aliphatic rings. The lowest BCUT2D eigenvalue weighted by Crippen LogP contribution is -1.95. The Morgan fingerprint density at radius 1 is 1.10 bits per heavy atom. The molecule has 62 valence electrons. The Bertz CT molecular complexity index is 49.2. The third-order valence-electron chi connectivity index (χ3n) is 1.60. The van der Waals surface area contributed by atoms with Gasteiger partial charge < -0.3 is 4.43 Å². The fourth-order valence-electron chi connectivity index (χ4n) is 0.952. The van der Waals surface area contributed by atoms with Crippen LogP contribution in [0.3, 0.4) is 0 Å². The minimum atomic E-state index is -0.125. The predicted molar refractivity (Wildman–Crippen MR) is 49.1 cm³/mol. The molecule has 0 rings (SSSR count). The lowest BCUT2D eigenvalue weighted by atomic mass is 10.2. The SMILES string of the molecule is CCCCCCCO[SiH2]C. The maximum Gasteiger partial charge on any atom is 0.158 e. The van der Waals surface area contributed by atoms with E-state index >= 15 is 0 Å². The summed E-state index contributed by atoms with van der Waals surface area (Å²) in [5.74, 6) is 0. The third kappa shape index (κ3) is 8.18. The molecule has 0 aromatic carbocycles. The van der Waals surface area contributed by atoms with Crippen LogP contribution in [0.1, 0.15) is 39.0 Å². The van der Waals surface area contributed by atoms with Crippen molar-refractivity contribution in [2.45, 2.75) is 45.6 Å². The van der Waals surface area contributed by atoms with Gasteiger partial charge in [-0.2, -0.15) is 0 Å². The van der Waals surface area contributed by atoms with Crippen molar-refractivity contribution in [3.63, 3.8) is 0 Å². The summed E-state index contributed by atoms with van der Waals surface area (Å²) in [5.41, 5.74) is 0. The summed E-state index contributed by atoms with van der Waals surface area (Å²) >= 11 is 0. The number of hydrogen-bond acceptors (Lipinski definition) is 1. The molecular formula is C8H20OSi. The smallest absolute Gasteiger partial charge is 0.158 e. The summed E-state index contributed by atoms with van der Waals surface area (Å²) in [6, 6.07) is 0. The molecule has 0 N–H and O–H groups in total. The number of unbranched alkanes of at least 4 members (excludes halogenated alkanes) is 4. The average molecular weight is 160 g/mol. The molecule has 1 nitrogen and oxygen atoms in total. The van der Waals surface area contributed by atoms with Crippen LogP contribution in [0.25, 0.3) is 0 Å². The highest BCUT2D eigenvalue weighted by molar-refractivity contribution is 6.24. The van der Waals surface area contributed by atoms with Crippen LogP contribution in [0.4, 0.5) is 0 Å². The van der Waals surface area contributed by atoms with Gasteiger partial charge in [-0.3, -0.25) is 0 Å². The molecule has 10 heavy (non-hydrogen) atoms. The molecule has 2 heteroatoms. The van der Waals surface area contributed by atoms with E-state index < -0.39 is 0 Å². The van der Waals surface area contributed by atoms with Crippen LogP contribution in [0.5, 0.6) is 0 Å². The fraction of sp³-hybridized carbons (Fsp3) is 1.00. The van der Waals surface area contributed by atoms with Crippen molar-refractivity contribution in [1.29, 1.82) is 0 Å². The Balaban J connectivity index is 2.65. The molecular weight excluding hydrogens is 140 g/mol. The van der Waals surface area contributed by atoms with Gasteiger partial charge in [0.05, 0.1) is 0 Å². The molecule has 0 fully saturated rings. The zero-order chi connectivity index (χ0) is 7.66. The molecule has 0 heterocycles. The second-order valence-electron chi connectivity index (χ2n) is 2.61. The van der Waals surface area contributed by atoms with Crippen LogP contribution in [0.2, 0.25) is 6.55 Å². The van der Waals surface area contributed by atoms with Crippen molar-refractivity contribution in [3.8, 4) is 0 Å². The molecule has 0 aromatic rings. The highest BCUT2D eigenvalue weighted by Crippen LogP contribution is 2.01. The predicted octanol–water partition coefficient (Wildman–Crippen LogP) is 2.11. The van der Waals surface area contributed by atoms with Gasteiger partial charge in [0, 0.05) is 6.61 Å². The lowest BCUT2D eigenvalue weighted by molar-refractivity contribution is 0.323. The van der Waals surface area contributed by atoms with E-state index in [2.05, 4.69) is 13.5 Å². The van der Waals surface area contributed by atoms with Crippen LogP contribution in [-0.2, 0) is 4.43 Å². The van der Waals surface area contributed by atoms with E-state index in [1.807, 2.05) is 0 Å². The molecule has 0 saturated heterocycles. The molecule has 0 spiro atoms. The third-order valence-corrected chi connectivity index (χ3v) is 2.29. The fourth-order valence-corrected chi connectivity index (χ4v) is 1.44. The van der Waals surface area contributed by atoms with Gasteiger partial charge in [-0.15, -0.1) is 0 Å². The molecule has 0 radical (unpaired) electrons. The van der Waals surface area contributed by atoms with E-state index in [0.29, 0.717) is 0 Å². The second-order valence-corrected chi connectivity index (χ2v) is 3.60. The summed E-state index contributed by atoms with van der Waals surface area (Å²) in [6.07, 6.45) is 6.77. The first kappa shape index (κ1) is 10.2. The second kappa shape index (κ2) is 9.18. The van der Waals surface area contributed by atoms with Gasteiger partial charge >= 0.3 is 0 Å². The quantitative estimate of drug-likeness (QED) is 0.409. The molecule has 0 atom stereocenters. The van der Waals surface area contributed by atoms with Crippen LogP contribution >= 0.6 is 0 Å². The van der Waals surface area contributed by atoms with Crippen molar-refractivity contribution >= 4 is 9.76 Å². The molecule has 0 saturated carbocycles. The summed E-state index contributed by atoms with van der Waals surface area (Å²) < 4.78 is 5.35. The first-order valence-electron chi connectivity index (χ1n) is 4.49. The van der Waals surface area contributed by atoms with Gasteiger partial charge in [0.15, 0.2) is 9.76 Å². The summed E-state index contributed by atoms with van der Waals surface area (Å²) in [5, 5.41) is 0. The standard InChI is InChI=1S/C8H20OSi/c1-3-4-5-6-7-8-9-10-2/h3-8,10H2,1-2H3. The molecule has 0 unspecified atom stereocenters. The number of hydrogen-bond donors (Lipinski definition) is 0. The zero-order valence-electron chi connectivity index (χ0n) is 7.36. The van der Waals surface area contributed by atoms with Gasteiger partial charge in [0.1, 0.15) is 0 Å². The average Bonchev–Trinajstić information content (AvgIpc) is 1.97. The van der Waals surface area contributed by atoms with E-state index in [1.54, 1.807) is 0 Å². The van der Waals surface area contributed by atoms with Crippen LogP contribution in [0.15, 0.2) is 0 Å².